The monoisotopic (exact) mass is 82.0 g/mol. The molecule has 0 atom stereocenters. The summed E-state index contributed by atoms with van der Waals surface area (Å²) < 4.78 is 0. The number of allylic oxidation sites excluding steroid dienone is 1. The first kappa shape index (κ1) is 9.07. The van der Waals surface area contributed by atoms with Crippen LogP contribution in [0.2, 0.25) is 0 Å². The second-order valence-electron chi connectivity index (χ2n) is 1.10. The highest BCUT2D eigenvalue weighted by Gasteiger charge is 1.62. The van der Waals surface area contributed by atoms with Gasteiger partial charge in [0.15, 0.2) is 0 Å². The van der Waals surface area contributed by atoms with Crippen molar-refractivity contribution in [2.75, 3.05) is 0 Å². The maximum atomic E-state index is 9.34. The predicted octanol–water partition coefficient (Wildman–Crippen LogP) is 0.865. The topological polar surface area (TPSA) is 17.1 Å². The molecule has 0 aromatic carbocycles. The molecule has 0 aromatic rings. The Bertz CT molecular complexity index is 64.0. The van der Waals surface area contributed by atoms with Gasteiger partial charge in [-0.2, -0.15) is 0 Å². The Labute approximate surface area is 38.7 Å². The maximum Gasteiger partial charge on any atom is 0.122 e. The molecule has 0 aliphatic carbocycles. The normalized spacial score (nSPS) is 5.00. The first-order valence-corrected chi connectivity index (χ1v) is 1.45. The van der Waals surface area contributed by atoms with Crippen LogP contribution in [0.1, 0.15) is 13.8 Å². The van der Waals surface area contributed by atoms with Crippen molar-refractivity contribution in [3.63, 3.8) is 0 Å². The summed E-state index contributed by atoms with van der Waals surface area (Å²) in [5.74, 6) is 1.69. The van der Waals surface area contributed by atoms with Crippen molar-refractivity contribution >= 4 is 5.94 Å². The average molecular weight is 82.1 g/mol. The first-order valence-electron chi connectivity index (χ1n) is 1.45. The first-order chi connectivity index (χ1) is 2.27. The molecule has 0 saturated heterocycles. The van der Waals surface area contributed by atoms with Gasteiger partial charge in [-0.25, -0.2) is 4.79 Å². The molecule has 0 aromatic heterocycles. The zero-order valence-electron chi connectivity index (χ0n) is 3.91. The molecule has 1 heteroatoms. The van der Waals surface area contributed by atoms with Crippen molar-refractivity contribution in [3.8, 4) is 0 Å². The average Bonchev–Trinajstić information content (AvgIpc) is 1.38. The predicted molar refractivity (Wildman–Crippen MR) is 23.8 cm³/mol. The molecule has 0 bridgehead atoms. The van der Waals surface area contributed by atoms with E-state index in [0.717, 1.165) is 0 Å². The third kappa shape index (κ3) is 9.85. The summed E-state index contributed by atoms with van der Waals surface area (Å²) in [6.45, 7) is 3.43. The molecule has 0 fully saturated rings. The lowest BCUT2D eigenvalue weighted by molar-refractivity contribution is 0.567. The van der Waals surface area contributed by atoms with Crippen LogP contribution in [0.25, 0.3) is 0 Å². The lowest BCUT2D eigenvalue weighted by atomic mass is 10.4. The van der Waals surface area contributed by atoms with Crippen LogP contribution < -0.4 is 0 Å². The Morgan fingerprint density at radius 3 is 1.67 bits per heavy atom. The maximum absolute atomic E-state index is 9.34. The molecule has 0 spiro atoms. The van der Waals surface area contributed by atoms with Crippen LogP contribution in [0.5, 0.6) is 0 Å². The Hall–Kier alpha value is -0.550. The SMILES string of the molecule is CC(C)=C=O.[C]. The highest BCUT2D eigenvalue weighted by atomic mass is 16.1. The summed E-state index contributed by atoms with van der Waals surface area (Å²) in [5, 5.41) is 0. The third-order valence-electron chi connectivity index (χ3n) is 0.204. The molecule has 0 heterocycles. The second kappa shape index (κ2) is 4.45. The van der Waals surface area contributed by atoms with Gasteiger partial charge in [-0.15, -0.1) is 0 Å². The molecule has 0 aliphatic rings. The van der Waals surface area contributed by atoms with Crippen molar-refractivity contribution in [2.24, 2.45) is 0 Å². The largest absolute Gasteiger partial charge is 0.234 e. The Balaban J connectivity index is 0. The van der Waals surface area contributed by atoms with E-state index < -0.39 is 0 Å². The number of hydrogen-bond donors (Lipinski definition) is 0. The van der Waals surface area contributed by atoms with E-state index in [9.17, 15) is 4.79 Å². The summed E-state index contributed by atoms with van der Waals surface area (Å²) in [6.07, 6.45) is 0. The molecule has 0 rings (SSSR count). The van der Waals surface area contributed by atoms with E-state index in [1.54, 1.807) is 19.8 Å². The van der Waals surface area contributed by atoms with Gasteiger partial charge in [0, 0.05) is 13.0 Å². The zero-order valence-corrected chi connectivity index (χ0v) is 3.91. The third-order valence-corrected chi connectivity index (χ3v) is 0.204. The van der Waals surface area contributed by atoms with E-state index in [0.29, 0.717) is 5.57 Å². The van der Waals surface area contributed by atoms with Crippen LogP contribution in [0.3, 0.4) is 0 Å². The van der Waals surface area contributed by atoms with Gasteiger partial charge in [-0.3, -0.25) is 0 Å². The van der Waals surface area contributed by atoms with Gasteiger partial charge in [0.2, 0.25) is 0 Å². The van der Waals surface area contributed by atoms with E-state index in [-0.39, 0.29) is 7.43 Å². The summed E-state index contributed by atoms with van der Waals surface area (Å²) >= 11 is 0. The van der Waals surface area contributed by atoms with E-state index in [4.69, 9.17) is 0 Å². The number of rotatable bonds is 0. The minimum atomic E-state index is 0. The summed E-state index contributed by atoms with van der Waals surface area (Å²) in [6, 6.07) is 0. The molecule has 32 valence electrons. The van der Waals surface area contributed by atoms with E-state index in [1.165, 1.54) is 0 Å². The summed E-state index contributed by atoms with van der Waals surface area (Å²) in [4.78, 5) is 9.34. The minimum absolute atomic E-state index is 0. The van der Waals surface area contributed by atoms with Gasteiger partial charge in [0.05, 0.1) is 0 Å². The van der Waals surface area contributed by atoms with Gasteiger partial charge < -0.3 is 0 Å². The van der Waals surface area contributed by atoms with Gasteiger partial charge in [0.25, 0.3) is 0 Å². The highest BCUT2D eigenvalue weighted by Crippen LogP contribution is 1.72. The molecule has 1 nitrogen and oxygen atoms in total. The number of carbonyl (C=O) groups excluding carboxylic acids is 1. The van der Waals surface area contributed by atoms with Crippen LogP contribution in [-0.4, -0.2) is 5.94 Å². The van der Waals surface area contributed by atoms with Crippen LogP contribution in [0.4, 0.5) is 0 Å². The lowest BCUT2D eigenvalue weighted by Crippen LogP contribution is -1.56. The van der Waals surface area contributed by atoms with Crippen molar-refractivity contribution in [3.05, 3.63) is 13.0 Å². The Morgan fingerprint density at radius 1 is 1.50 bits per heavy atom. The number of hydrogen-bond acceptors (Lipinski definition) is 1. The molecule has 0 N–H and O–H groups in total. The smallest absolute Gasteiger partial charge is 0.122 e. The van der Waals surface area contributed by atoms with Crippen LogP contribution in [0, 0.1) is 7.43 Å². The fourth-order valence-corrected chi connectivity index (χ4v) is 0. The molecular formula is C5H6O. The fourth-order valence-electron chi connectivity index (χ4n) is 0. The van der Waals surface area contributed by atoms with E-state index in [2.05, 4.69) is 0 Å². The van der Waals surface area contributed by atoms with Gasteiger partial charge in [0.1, 0.15) is 5.94 Å². The summed E-state index contributed by atoms with van der Waals surface area (Å²) in [7, 11) is 0. The van der Waals surface area contributed by atoms with Crippen LogP contribution in [-0.2, 0) is 4.79 Å². The highest BCUT2D eigenvalue weighted by molar-refractivity contribution is 5.49. The molecule has 0 amide bonds. The molecule has 4 radical (unpaired) electrons. The van der Waals surface area contributed by atoms with E-state index in [1.807, 2.05) is 0 Å². The minimum Gasteiger partial charge on any atom is -0.234 e. The molecule has 0 unspecified atom stereocenters. The van der Waals surface area contributed by atoms with Crippen molar-refractivity contribution in [1.29, 1.82) is 0 Å². The Kier molecular flexibility index (Phi) is 6.72. The summed E-state index contributed by atoms with van der Waals surface area (Å²) in [5.41, 5.74) is 0.699. The van der Waals surface area contributed by atoms with Crippen molar-refractivity contribution in [1.82, 2.24) is 0 Å². The van der Waals surface area contributed by atoms with Gasteiger partial charge in [-0.1, -0.05) is 0 Å². The van der Waals surface area contributed by atoms with Crippen molar-refractivity contribution in [2.45, 2.75) is 13.8 Å². The molecular weight excluding hydrogens is 76.1 g/mol. The van der Waals surface area contributed by atoms with Crippen LogP contribution >= 0.6 is 0 Å². The van der Waals surface area contributed by atoms with Gasteiger partial charge >= 0.3 is 0 Å². The van der Waals surface area contributed by atoms with Gasteiger partial charge in [-0.05, 0) is 13.8 Å². The van der Waals surface area contributed by atoms with Crippen LogP contribution in [0.15, 0.2) is 5.57 Å². The quantitative estimate of drug-likeness (QED) is 0.396. The lowest BCUT2D eigenvalue weighted by Gasteiger charge is -1.62. The van der Waals surface area contributed by atoms with E-state index >= 15 is 0 Å². The standard InChI is InChI=1S/C4H6O.C/c1-4(2)3-5;/h1-2H3;. The molecule has 6 heavy (non-hydrogen) atoms. The molecule has 0 aliphatic heterocycles. The zero-order chi connectivity index (χ0) is 4.28. The second-order valence-corrected chi connectivity index (χ2v) is 1.10. The van der Waals surface area contributed by atoms with Crippen molar-refractivity contribution < 1.29 is 4.79 Å². The molecule has 0 saturated carbocycles. The Morgan fingerprint density at radius 2 is 1.67 bits per heavy atom. The fraction of sp³-hybridized carbons (Fsp3) is 0.400.